The van der Waals surface area contributed by atoms with Gasteiger partial charge in [0.1, 0.15) is 17.4 Å². The van der Waals surface area contributed by atoms with E-state index < -0.39 is 6.10 Å². The van der Waals surface area contributed by atoms with Crippen LogP contribution in [0.4, 0.5) is 4.39 Å². The van der Waals surface area contributed by atoms with Gasteiger partial charge in [-0.15, -0.1) is 11.8 Å². The van der Waals surface area contributed by atoms with Gasteiger partial charge in [-0.05, 0) is 17.7 Å². The first-order valence-corrected chi connectivity index (χ1v) is 6.03. The van der Waals surface area contributed by atoms with Crippen molar-refractivity contribution in [2.45, 2.75) is 16.2 Å². The van der Waals surface area contributed by atoms with E-state index in [9.17, 15) is 9.50 Å². The molecule has 2 atom stereocenters. The summed E-state index contributed by atoms with van der Waals surface area (Å²) in [5.41, 5.74) is 0.744. The number of aromatic nitrogens is 3. The van der Waals surface area contributed by atoms with Gasteiger partial charge in [0.15, 0.2) is 5.82 Å². The number of thioether (sulfide) groups is 1. The minimum atomic E-state index is -0.682. The van der Waals surface area contributed by atoms with Gasteiger partial charge in [0.2, 0.25) is 0 Å². The van der Waals surface area contributed by atoms with E-state index in [0.29, 0.717) is 5.82 Å². The Hall–Kier alpha value is -1.40. The van der Waals surface area contributed by atoms with Gasteiger partial charge in [-0.3, -0.25) is 4.68 Å². The molecule has 4 nitrogen and oxygen atoms in total. The van der Waals surface area contributed by atoms with Crippen LogP contribution in [0.15, 0.2) is 29.4 Å². The summed E-state index contributed by atoms with van der Waals surface area (Å²) in [5, 5.41) is 14.1. The molecule has 6 heteroatoms. The summed E-state index contributed by atoms with van der Waals surface area (Å²) in [5.74, 6) is 0.277. The van der Waals surface area contributed by atoms with Crippen molar-refractivity contribution >= 4 is 11.8 Å². The third-order valence-electron chi connectivity index (χ3n) is 2.71. The van der Waals surface area contributed by atoms with Crippen molar-refractivity contribution < 1.29 is 9.50 Å². The van der Waals surface area contributed by atoms with Crippen molar-refractivity contribution in [3.05, 3.63) is 41.7 Å². The summed E-state index contributed by atoms with van der Waals surface area (Å²) in [6, 6.07) is 4.41. The molecule has 0 amide bonds. The van der Waals surface area contributed by atoms with Gasteiger partial charge in [-0.1, -0.05) is 6.07 Å². The zero-order valence-corrected chi connectivity index (χ0v) is 9.86. The minimum Gasteiger partial charge on any atom is -0.387 e. The molecule has 1 aromatic carbocycles. The van der Waals surface area contributed by atoms with E-state index in [1.807, 2.05) is 0 Å². The molecule has 0 bridgehead atoms. The van der Waals surface area contributed by atoms with Gasteiger partial charge in [0.25, 0.3) is 0 Å². The van der Waals surface area contributed by atoms with Crippen LogP contribution in [0.25, 0.3) is 0 Å². The highest BCUT2D eigenvalue weighted by molar-refractivity contribution is 8.00. The average Bonchev–Trinajstić information content (AvgIpc) is 2.83. The molecule has 1 aliphatic rings. The minimum absolute atomic E-state index is 0.256. The third-order valence-corrected chi connectivity index (χ3v) is 4.04. The normalized spacial score (nSPS) is 22.8. The predicted molar refractivity (Wildman–Crippen MR) is 61.0 cm³/mol. The standard InChI is InChI=1S/C11H10FN3OS/c1-15-5-13-11(14-15)10-9(16)7-3-2-6(12)4-8(7)17-10/h2-5,9-10,16H,1H3/t9-,10+/m0/s1. The Morgan fingerprint density at radius 2 is 2.29 bits per heavy atom. The highest BCUT2D eigenvalue weighted by Gasteiger charge is 2.35. The highest BCUT2D eigenvalue weighted by atomic mass is 32.2. The zero-order valence-electron chi connectivity index (χ0n) is 9.04. The van der Waals surface area contributed by atoms with E-state index in [-0.39, 0.29) is 11.1 Å². The summed E-state index contributed by atoms with van der Waals surface area (Å²) in [6.45, 7) is 0. The molecular weight excluding hydrogens is 241 g/mol. The molecule has 2 heterocycles. The van der Waals surface area contributed by atoms with Crippen molar-refractivity contribution in [1.82, 2.24) is 14.8 Å². The van der Waals surface area contributed by atoms with E-state index in [1.54, 1.807) is 24.1 Å². The SMILES string of the molecule is Cn1cnc([C@@H]2Sc3cc(F)ccc3[C@@H]2O)n1. The second kappa shape index (κ2) is 3.82. The lowest BCUT2D eigenvalue weighted by Crippen LogP contribution is -2.04. The van der Waals surface area contributed by atoms with E-state index in [0.717, 1.165) is 10.5 Å². The molecule has 1 N–H and O–H groups in total. The Morgan fingerprint density at radius 3 is 3.00 bits per heavy atom. The number of aliphatic hydroxyl groups is 1. The van der Waals surface area contributed by atoms with Crippen molar-refractivity contribution in [2.75, 3.05) is 0 Å². The lowest BCUT2D eigenvalue weighted by atomic mass is 10.1. The van der Waals surface area contributed by atoms with Crippen LogP contribution >= 0.6 is 11.8 Å². The van der Waals surface area contributed by atoms with Crippen LogP contribution in [0.2, 0.25) is 0 Å². The molecular formula is C11H10FN3OS. The fourth-order valence-corrected chi connectivity index (χ4v) is 3.17. The molecule has 0 radical (unpaired) electrons. The molecule has 0 fully saturated rings. The fourth-order valence-electron chi connectivity index (χ4n) is 1.90. The molecule has 17 heavy (non-hydrogen) atoms. The van der Waals surface area contributed by atoms with Crippen LogP contribution in [0.1, 0.15) is 22.7 Å². The number of nitrogens with zero attached hydrogens (tertiary/aromatic N) is 3. The molecule has 0 aliphatic carbocycles. The average molecular weight is 251 g/mol. The lowest BCUT2D eigenvalue weighted by Gasteiger charge is -2.09. The number of benzene rings is 1. The summed E-state index contributed by atoms with van der Waals surface area (Å²) in [7, 11) is 1.77. The Bertz CT molecular complexity index is 572. The number of hydrogen-bond acceptors (Lipinski definition) is 4. The lowest BCUT2D eigenvalue weighted by molar-refractivity contribution is 0.174. The Morgan fingerprint density at radius 1 is 1.47 bits per heavy atom. The zero-order chi connectivity index (χ0) is 12.0. The van der Waals surface area contributed by atoms with Crippen LogP contribution in [-0.2, 0) is 7.05 Å². The van der Waals surface area contributed by atoms with Crippen molar-refractivity contribution in [2.24, 2.45) is 7.05 Å². The Balaban J connectivity index is 1.98. The maximum Gasteiger partial charge on any atom is 0.166 e. The van der Waals surface area contributed by atoms with Crippen LogP contribution in [0, 0.1) is 5.82 Å². The number of aliphatic hydroxyl groups excluding tert-OH is 1. The van der Waals surface area contributed by atoms with Gasteiger partial charge < -0.3 is 5.11 Å². The topological polar surface area (TPSA) is 50.9 Å². The fraction of sp³-hybridized carbons (Fsp3) is 0.273. The maximum atomic E-state index is 13.1. The summed E-state index contributed by atoms with van der Waals surface area (Å²) in [6.07, 6.45) is 0.907. The van der Waals surface area contributed by atoms with Gasteiger partial charge >= 0.3 is 0 Å². The predicted octanol–water partition coefficient (Wildman–Crippen LogP) is 1.83. The highest BCUT2D eigenvalue weighted by Crippen LogP contribution is 2.52. The molecule has 0 saturated heterocycles. The summed E-state index contributed by atoms with van der Waals surface area (Å²) < 4.78 is 14.7. The van der Waals surface area contributed by atoms with E-state index in [4.69, 9.17) is 0 Å². The monoisotopic (exact) mass is 251 g/mol. The van der Waals surface area contributed by atoms with E-state index >= 15 is 0 Å². The first kappa shape index (κ1) is 10.7. The molecule has 88 valence electrons. The van der Waals surface area contributed by atoms with Gasteiger partial charge in [-0.2, -0.15) is 5.10 Å². The summed E-state index contributed by atoms with van der Waals surface area (Å²) >= 11 is 1.40. The Kier molecular flexibility index (Phi) is 2.41. The number of hydrogen-bond donors (Lipinski definition) is 1. The molecule has 0 saturated carbocycles. The maximum absolute atomic E-state index is 13.1. The molecule has 0 spiro atoms. The van der Waals surface area contributed by atoms with Crippen LogP contribution in [0.3, 0.4) is 0 Å². The largest absolute Gasteiger partial charge is 0.387 e. The van der Waals surface area contributed by atoms with Crippen LogP contribution in [0.5, 0.6) is 0 Å². The number of rotatable bonds is 1. The van der Waals surface area contributed by atoms with Gasteiger partial charge in [0, 0.05) is 11.9 Å². The first-order valence-electron chi connectivity index (χ1n) is 5.15. The number of fused-ring (bicyclic) bond motifs is 1. The second-order valence-corrected chi connectivity index (χ2v) is 5.13. The first-order chi connectivity index (χ1) is 8.15. The Labute approximate surface area is 101 Å². The van der Waals surface area contributed by atoms with E-state index in [1.165, 1.54) is 23.9 Å². The molecule has 1 aromatic heterocycles. The molecule has 2 aromatic rings. The number of aryl methyl sites for hydroxylation is 1. The van der Waals surface area contributed by atoms with Crippen molar-refractivity contribution in [3.63, 3.8) is 0 Å². The van der Waals surface area contributed by atoms with Crippen molar-refractivity contribution in [3.8, 4) is 0 Å². The van der Waals surface area contributed by atoms with Crippen molar-refractivity contribution in [1.29, 1.82) is 0 Å². The quantitative estimate of drug-likeness (QED) is 0.840. The third kappa shape index (κ3) is 1.73. The molecule has 0 unspecified atom stereocenters. The van der Waals surface area contributed by atoms with Crippen LogP contribution < -0.4 is 0 Å². The second-order valence-electron chi connectivity index (χ2n) is 3.94. The van der Waals surface area contributed by atoms with E-state index in [2.05, 4.69) is 10.1 Å². The summed E-state index contributed by atoms with van der Waals surface area (Å²) in [4.78, 5) is 4.89. The molecule has 1 aliphatic heterocycles. The molecule has 3 rings (SSSR count). The van der Waals surface area contributed by atoms with Gasteiger partial charge in [-0.25, -0.2) is 9.37 Å². The smallest absolute Gasteiger partial charge is 0.166 e. The van der Waals surface area contributed by atoms with Gasteiger partial charge in [0.05, 0.1) is 6.10 Å². The van der Waals surface area contributed by atoms with Crippen LogP contribution in [-0.4, -0.2) is 19.9 Å². The number of halogens is 1.